The Labute approximate surface area is 96.1 Å². The fourth-order valence-corrected chi connectivity index (χ4v) is 1.64. The normalized spacial score (nSPS) is 12.5. The third-order valence-electron chi connectivity index (χ3n) is 2.35. The van der Waals surface area contributed by atoms with Gasteiger partial charge in [0.25, 0.3) is 0 Å². The summed E-state index contributed by atoms with van der Waals surface area (Å²) in [5.41, 5.74) is 6.04. The van der Waals surface area contributed by atoms with Crippen molar-refractivity contribution in [2.45, 2.75) is 26.3 Å². The summed E-state index contributed by atoms with van der Waals surface area (Å²) in [7, 11) is 0. The van der Waals surface area contributed by atoms with E-state index in [-0.39, 0.29) is 6.04 Å². The van der Waals surface area contributed by atoms with E-state index in [1.807, 2.05) is 32.0 Å². The Balaban J connectivity index is 2.92. The van der Waals surface area contributed by atoms with Crippen LogP contribution in [0.5, 0.6) is 0 Å². The summed E-state index contributed by atoms with van der Waals surface area (Å²) in [4.78, 5) is 0. The highest BCUT2D eigenvalue weighted by Gasteiger charge is 2.10. The fourth-order valence-electron chi connectivity index (χ4n) is 1.45. The Kier molecular flexibility index (Phi) is 4.33. The molecule has 0 bridgehead atoms. The average Bonchev–Trinajstić information content (AvgIpc) is 2.18. The van der Waals surface area contributed by atoms with Crippen molar-refractivity contribution in [2.24, 2.45) is 5.84 Å². The monoisotopic (exact) mass is 224 g/mol. The van der Waals surface area contributed by atoms with E-state index in [1.165, 1.54) is 0 Å². The number of hydrogen-bond donors (Lipinski definition) is 2. The molecule has 0 aliphatic rings. The summed E-state index contributed by atoms with van der Waals surface area (Å²) in [5.74, 6) is 5.51. The molecule has 1 atom stereocenters. The summed E-state index contributed by atoms with van der Waals surface area (Å²) in [6, 6.07) is 6.07. The zero-order valence-corrected chi connectivity index (χ0v) is 9.93. The van der Waals surface area contributed by atoms with Gasteiger partial charge < -0.3 is 0 Å². The van der Waals surface area contributed by atoms with Crippen molar-refractivity contribution in [1.29, 1.82) is 0 Å². The van der Waals surface area contributed by atoms with Crippen molar-refractivity contribution in [2.75, 3.05) is 0 Å². The van der Waals surface area contributed by atoms with Gasteiger partial charge in [-0.3, -0.25) is 11.3 Å². The molecule has 15 heavy (non-hydrogen) atoms. The van der Waals surface area contributed by atoms with E-state index in [0.717, 1.165) is 28.1 Å². The lowest BCUT2D eigenvalue weighted by atomic mass is 10.00. The second-order valence-corrected chi connectivity index (χ2v) is 4.30. The zero-order chi connectivity index (χ0) is 11.4. The standard InChI is InChI=1S/C12H17ClN2/c1-8(2)6-12(15-14)10-5-4-9(3)11(13)7-10/h4-5,7,12,15H,1,6,14H2,2-3H3. The first kappa shape index (κ1) is 12.2. The first-order chi connectivity index (χ1) is 7.04. The molecule has 0 amide bonds. The predicted octanol–water partition coefficient (Wildman–Crippen LogP) is 3.12. The predicted molar refractivity (Wildman–Crippen MR) is 65.7 cm³/mol. The van der Waals surface area contributed by atoms with Crippen LogP contribution in [0.3, 0.4) is 0 Å². The molecule has 0 spiro atoms. The molecular formula is C12H17ClN2. The molecule has 1 rings (SSSR count). The maximum absolute atomic E-state index is 6.06. The van der Waals surface area contributed by atoms with Gasteiger partial charge in [-0.1, -0.05) is 29.3 Å². The number of hydrogen-bond acceptors (Lipinski definition) is 2. The van der Waals surface area contributed by atoms with E-state index in [1.54, 1.807) is 0 Å². The van der Waals surface area contributed by atoms with Crippen LogP contribution >= 0.6 is 11.6 Å². The molecule has 0 aromatic heterocycles. The first-order valence-corrected chi connectivity index (χ1v) is 5.29. The minimum atomic E-state index is 0.0839. The van der Waals surface area contributed by atoms with E-state index in [9.17, 15) is 0 Å². The van der Waals surface area contributed by atoms with Gasteiger partial charge in [0, 0.05) is 11.1 Å². The number of halogens is 1. The summed E-state index contributed by atoms with van der Waals surface area (Å²) in [5, 5.41) is 0.773. The van der Waals surface area contributed by atoms with Crippen LogP contribution in [0.1, 0.15) is 30.5 Å². The third kappa shape index (κ3) is 3.34. The molecule has 0 saturated carbocycles. The maximum atomic E-state index is 6.06. The number of rotatable bonds is 4. The van der Waals surface area contributed by atoms with Gasteiger partial charge in [0.2, 0.25) is 0 Å². The van der Waals surface area contributed by atoms with Gasteiger partial charge in [-0.2, -0.15) is 0 Å². The number of benzene rings is 1. The lowest BCUT2D eigenvalue weighted by Gasteiger charge is -2.17. The van der Waals surface area contributed by atoms with Crippen LogP contribution in [0.25, 0.3) is 0 Å². The van der Waals surface area contributed by atoms with E-state index < -0.39 is 0 Å². The van der Waals surface area contributed by atoms with Gasteiger partial charge in [-0.05, 0) is 37.5 Å². The van der Waals surface area contributed by atoms with Crippen molar-refractivity contribution in [1.82, 2.24) is 5.43 Å². The van der Waals surface area contributed by atoms with Gasteiger partial charge in [0.15, 0.2) is 0 Å². The van der Waals surface area contributed by atoms with Crippen molar-refractivity contribution in [3.63, 3.8) is 0 Å². The summed E-state index contributed by atoms with van der Waals surface area (Å²) < 4.78 is 0. The van der Waals surface area contributed by atoms with Gasteiger partial charge in [-0.15, -0.1) is 6.58 Å². The van der Waals surface area contributed by atoms with Crippen LogP contribution in [0.2, 0.25) is 5.02 Å². The second-order valence-electron chi connectivity index (χ2n) is 3.89. The molecule has 0 radical (unpaired) electrons. The molecule has 82 valence electrons. The van der Waals surface area contributed by atoms with E-state index >= 15 is 0 Å². The second kappa shape index (κ2) is 5.31. The van der Waals surface area contributed by atoms with Gasteiger partial charge in [-0.25, -0.2) is 0 Å². The molecule has 3 N–H and O–H groups in total. The number of hydrazine groups is 1. The quantitative estimate of drug-likeness (QED) is 0.469. The Hall–Kier alpha value is -0.830. The van der Waals surface area contributed by atoms with Crippen molar-refractivity contribution in [3.05, 3.63) is 46.5 Å². The minimum Gasteiger partial charge on any atom is -0.271 e. The highest BCUT2D eigenvalue weighted by atomic mass is 35.5. The molecule has 1 unspecified atom stereocenters. The first-order valence-electron chi connectivity index (χ1n) is 4.91. The van der Waals surface area contributed by atoms with E-state index in [2.05, 4.69) is 12.0 Å². The smallest absolute Gasteiger partial charge is 0.0497 e. The summed E-state index contributed by atoms with van der Waals surface area (Å²) in [6.45, 7) is 7.85. The molecule has 2 nitrogen and oxygen atoms in total. The van der Waals surface area contributed by atoms with Crippen LogP contribution in [0, 0.1) is 6.92 Å². The molecule has 0 fully saturated rings. The Morgan fingerprint density at radius 3 is 2.73 bits per heavy atom. The molecule has 0 aliphatic heterocycles. The van der Waals surface area contributed by atoms with Crippen LogP contribution in [-0.2, 0) is 0 Å². The van der Waals surface area contributed by atoms with Crippen molar-refractivity contribution in [3.8, 4) is 0 Å². The summed E-state index contributed by atoms with van der Waals surface area (Å²) >= 11 is 6.06. The molecule has 1 aromatic carbocycles. The fraction of sp³-hybridized carbons (Fsp3) is 0.333. The average molecular weight is 225 g/mol. The molecule has 0 heterocycles. The van der Waals surface area contributed by atoms with Crippen LogP contribution in [-0.4, -0.2) is 0 Å². The van der Waals surface area contributed by atoms with Crippen LogP contribution < -0.4 is 11.3 Å². The Bertz CT molecular complexity index is 361. The van der Waals surface area contributed by atoms with Crippen LogP contribution in [0.15, 0.2) is 30.4 Å². The van der Waals surface area contributed by atoms with E-state index in [4.69, 9.17) is 17.4 Å². The van der Waals surface area contributed by atoms with Crippen molar-refractivity contribution < 1.29 is 0 Å². The Morgan fingerprint density at radius 1 is 1.60 bits per heavy atom. The zero-order valence-electron chi connectivity index (χ0n) is 9.18. The maximum Gasteiger partial charge on any atom is 0.0497 e. The summed E-state index contributed by atoms with van der Waals surface area (Å²) in [6.07, 6.45) is 0.815. The van der Waals surface area contributed by atoms with Crippen molar-refractivity contribution >= 4 is 11.6 Å². The number of aryl methyl sites for hydroxylation is 1. The van der Waals surface area contributed by atoms with Gasteiger partial charge >= 0.3 is 0 Å². The highest BCUT2D eigenvalue weighted by molar-refractivity contribution is 6.31. The molecule has 0 saturated heterocycles. The third-order valence-corrected chi connectivity index (χ3v) is 2.76. The molecule has 3 heteroatoms. The molecule has 1 aromatic rings. The largest absolute Gasteiger partial charge is 0.271 e. The van der Waals surface area contributed by atoms with Crippen LogP contribution in [0.4, 0.5) is 0 Å². The topological polar surface area (TPSA) is 38.0 Å². The SMILES string of the molecule is C=C(C)CC(NN)c1ccc(C)c(Cl)c1. The molecule has 0 aliphatic carbocycles. The highest BCUT2D eigenvalue weighted by Crippen LogP contribution is 2.24. The minimum absolute atomic E-state index is 0.0839. The lowest BCUT2D eigenvalue weighted by Crippen LogP contribution is -2.28. The molecular weight excluding hydrogens is 208 g/mol. The van der Waals surface area contributed by atoms with E-state index in [0.29, 0.717) is 0 Å². The Morgan fingerprint density at radius 2 is 2.27 bits per heavy atom. The van der Waals surface area contributed by atoms with Gasteiger partial charge in [0.1, 0.15) is 0 Å². The lowest BCUT2D eigenvalue weighted by molar-refractivity contribution is 0.550. The number of nitrogens with one attached hydrogen (secondary N) is 1. The number of nitrogens with two attached hydrogens (primary N) is 1. The van der Waals surface area contributed by atoms with Gasteiger partial charge in [0.05, 0.1) is 0 Å².